The van der Waals surface area contributed by atoms with E-state index in [4.69, 9.17) is 0 Å². The van der Waals surface area contributed by atoms with Gasteiger partial charge in [0.1, 0.15) is 9.84 Å². The minimum absolute atomic E-state index is 0. The molecule has 1 aliphatic heterocycles. The summed E-state index contributed by atoms with van der Waals surface area (Å²) < 4.78 is 22.7. The van der Waals surface area contributed by atoms with Gasteiger partial charge < -0.3 is 20.9 Å². The van der Waals surface area contributed by atoms with Crippen LogP contribution in [0.4, 0.5) is 0 Å². The molecule has 8 nitrogen and oxygen atoms in total. The van der Waals surface area contributed by atoms with E-state index in [9.17, 15) is 13.2 Å². The molecule has 176 valence electrons. The third-order valence-electron chi connectivity index (χ3n) is 5.14. The third kappa shape index (κ3) is 10.6. The molecular formula is C21H36IN5O3S. The van der Waals surface area contributed by atoms with Gasteiger partial charge in [0.25, 0.3) is 5.91 Å². The summed E-state index contributed by atoms with van der Waals surface area (Å²) in [4.78, 5) is 18.7. The summed E-state index contributed by atoms with van der Waals surface area (Å²) in [6.45, 7) is 5.83. The largest absolute Gasteiger partial charge is 0.357 e. The molecule has 3 N–H and O–H groups in total. The second-order valence-electron chi connectivity index (χ2n) is 7.68. The van der Waals surface area contributed by atoms with Crippen LogP contribution in [0.25, 0.3) is 0 Å². The Labute approximate surface area is 203 Å². The van der Waals surface area contributed by atoms with Crippen LogP contribution in [0.5, 0.6) is 0 Å². The Morgan fingerprint density at radius 2 is 1.97 bits per heavy atom. The highest BCUT2D eigenvalue weighted by molar-refractivity contribution is 14.0. The van der Waals surface area contributed by atoms with E-state index in [2.05, 4.69) is 25.8 Å². The lowest BCUT2D eigenvalue weighted by atomic mass is 10.1. The molecule has 2 rings (SSSR count). The summed E-state index contributed by atoms with van der Waals surface area (Å²) in [6.07, 6.45) is 3.96. The predicted molar refractivity (Wildman–Crippen MR) is 137 cm³/mol. The molecule has 1 amide bonds. The maximum atomic E-state index is 11.8. The van der Waals surface area contributed by atoms with Crippen LogP contribution in [0.2, 0.25) is 0 Å². The van der Waals surface area contributed by atoms with Crippen molar-refractivity contribution in [3.05, 3.63) is 35.4 Å². The zero-order valence-corrected chi connectivity index (χ0v) is 21.8. The van der Waals surface area contributed by atoms with Crippen LogP contribution in [0.1, 0.15) is 35.7 Å². The number of guanidine groups is 1. The molecule has 1 aliphatic rings. The van der Waals surface area contributed by atoms with E-state index >= 15 is 0 Å². The third-order valence-corrected chi connectivity index (χ3v) is 6.06. The summed E-state index contributed by atoms with van der Waals surface area (Å²) in [5.41, 5.74) is 1.74. The number of nitrogens with one attached hydrogen (secondary N) is 3. The van der Waals surface area contributed by atoms with Gasteiger partial charge in [0.05, 0.1) is 5.75 Å². The first-order chi connectivity index (χ1) is 14.3. The molecule has 1 aromatic carbocycles. The van der Waals surface area contributed by atoms with Crippen molar-refractivity contribution in [3.63, 3.8) is 0 Å². The Bertz CT molecular complexity index is 824. The molecule has 0 aromatic heterocycles. The zero-order chi connectivity index (χ0) is 22.0. The highest BCUT2D eigenvalue weighted by Crippen LogP contribution is 2.10. The molecular weight excluding hydrogens is 529 g/mol. The SMILES string of the molecule is CCNC(=NCCc1cccc(C(=O)NC)c1)NC1CCN(CCS(C)(=O)=O)CC1.I. The molecule has 0 bridgehead atoms. The van der Waals surface area contributed by atoms with Gasteiger partial charge in [0, 0.05) is 57.6 Å². The number of carbonyl (C=O) groups excluding carboxylic acids is 1. The Hall–Kier alpha value is -1.40. The van der Waals surface area contributed by atoms with Gasteiger partial charge in [-0.2, -0.15) is 0 Å². The van der Waals surface area contributed by atoms with Crippen LogP contribution in [0.15, 0.2) is 29.3 Å². The monoisotopic (exact) mass is 565 g/mol. The fourth-order valence-corrected chi connectivity index (χ4v) is 4.01. The van der Waals surface area contributed by atoms with Crippen LogP contribution >= 0.6 is 24.0 Å². The zero-order valence-electron chi connectivity index (χ0n) is 18.7. The lowest BCUT2D eigenvalue weighted by Crippen LogP contribution is -2.49. The number of aliphatic imine (C=N–C) groups is 1. The van der Waals surface area contributed by atoms with Crippen molar-refractivity contribution in [3.8, 4) is 0 Å². The predicted octanol–water partition coefficient (Wildman–Crippen LogP) is 1.27. The summed E-state index contributed by atoms with van der Waals surface area (Å²) in [5, 5.41) is 9.44. The second kappa shape index (κ2) is 13.9. The fourth-order valence-electron chi connectivity index (χ4n) is 3.42. The van der Waals surface area contributed by atoms with E-state index in [0.29, 0.717) is 24.7 Å². The first-order valence-corrected chi connectivity index (χ1v) is 12.6. The van der Waals surface area contributed by atoms with Gasteiger partial charge >= 0.3 is 0 Å². The van der Waals surface area contributed by atoms with E-state index in [0.717, 1.165) is 50.4 Å². The maximum Gasteiger partial charge on any atom is 0.251 e. The van der Waals surface area contributed by atoms with Gasteiger partial charge in [-0.15, -0.1) is 24.0 Å². The number of hydrogen-bond donors (Lipinski definition) is 3. The molecule has 10 heteroatoms. The number of piperidine rings is 1. The van der Waals surface area contributed by atoms with Crippen LogP contribution < -0.4 is 16.0 Å². The highest BCUT2D eigenvalue weighted by atomic mass is 127. The standard InChI is InChI=1S/C21H35N5O3S.HI/c1-4-23-21(24-11-8-17-6-5-7-18(16-17)20(27)22-2)25-19-9-12-26(13-10-19)14-15-30(3,28)29;/h5-7,16,19H,4,8-15H2,1-3H3,(H,22,27)(H2,23,24,25);1H. The number of likely N-dealkylation sites (tertiary alicyclic amines) is 1. The number of rotatable bonds is 9. The first-order valence-electron chi connectivity index (χ1n) is 10.6. The topological polar surface area (TPSA) is 103 Å². The summed E-state index contributed by atoms with van der Waals surface area (Å²) >= 11 is 0. The number of hydrogen-bond acceptors (Lipinski definition) is 5. The molecule has 0 atom stereocenters. The van der Waals surface area contributed by atoms with Crippen molar-refractivity contribution in [2.24, 2.45) is 4.99 Å². The van der Waals surface area contributed by atoms with Crippen LogP contribution in [0.3, 0.4) is 0 Å². The normalized spacial score (nSPS) is 15.8. The Kier molecular flexibility index (Phi) is 12.4. The molecule has 0 unspecified atom stereocenters. The molecule has 0 saturated carbocycles. The van der Waals surface area contributed by atoms with E-state index in [-0.39, 0.29) is 35.6 Å². The molecule has 1 heterocycles. The van der Waals surface area contributed by atoms with Crippen molar-refractivity contribution in [2.45, 2.75) is 32.2 Å². The molecule has 31 heavy (non-hydrogen) atoms. The number of amides is 1. The maximum absolute atomic E-state index is 11.8. The van der Waals surface area contributed by atoms with Gasteiger partial charge in [0.2, 0.25) is 0 Å². The summed E-state index contributed by atoms with van der Waals surface area (Å²) in [6, 6.07) is 7.94. The number of halogens is 1. The van der Waals surface area contributed by atoms with Gasteiger partial charge in [-0.05, 0) is 43.9 Å². The van der Waals surface area contributed by atoms with Crippen LogP contribution in [-0.4, -0.2) is 83.0 Å². The minimum Gasteiger partial charge on any atom is -0.357 e. The lowest BCUT2D eigenvalue weighted by molar-refractivity contribution is 0.0963. The lowest BCUT2D eigenvalue weighted by Gasteiger charge is -2.32. The molecule has 0 aliphatic carbocycles. The Morgan fingerprint density at radius 1 is 1.26 bits per heavy atom. The fraction of sp³-hybridized carbons (Fsp3) is 0.619. The highest BCUT2D eigenvalue weighted by Gasteiger charge is 2.20. The molecule has 1 fully saturated rings. The van der Waals surface area contributed by atoms with Crippen molar-refractivity contribution < 1.29 is 13.2 Å². The quantitative estimate of drug-likeness (QED) is 0.237. The number of benzene rings is 1. The van der Waals surface area contributed by atoms with Crippen molar-refractivity contribution >= 4 is 45.7 Å². The van der Waals surface area contributed by atoms with E-state index in [1.807, 2.05) is 25.1 Å². The second-order valence-corrected chi connectivity index (χ2v) is 9.94. The molecule has 1 saturated heterocycles. The van der Waals surface area contributed by atoms with Gasteiger partial charge in [-0.25, -0.2) is 8.42 Å². The molecule has 0 spiro atoms. The molecule has 1 aromatic rings. The van der Waals surface area contributed by atoms with Gasteiger partial charge in [-0.1, -0.05) is 12.1 Å². The van der Waals surface area contributed by atoms with E-state index < -0.39 is 9.84 Å². The Balaban J connectivity index is 0.00000480. The number of sulfone groups is 1. The number of nitrogens with zero attached hydrogens (tertiary/aromatic N) is 2. The summed E-state index contributed by atoms with van der Waals surface area (Å²) in [5.74, 6) is 0.934. The summed E-state index contributed by atoms with van der Waals surface area (Å²) in [7, 11) is -1.29. The van der Waals surface area contributed by atoms with Crippen molar-refractivity contribution in [1.29, 1.82) is 0 Å². The van der Waals surface area contributed by atoms with Gasteiger partial charge in [0.15, 0.2) is 5.96 Å². The van der Waals surface area contributed by atoms with Crippen molar-refractivity contribution in [2.75, 3.05) is 51.8 Å². The first kappa shape index (κ1) is 27.6. The average Bonchev–Trinajstić information content (AvgIpc) is 2.72. The van der Waals surface area contributed by atoms with Crippen LogP contribution in [-0.2, 0) is 16.3 Å². The van der Waals surface area contributed by atoms with E-state index in [1.54, 1.807) is 13.1 Å². The average molecular weight is 566 g/mol. The molecule has 0 radical (unpaired) electrons. The van der Waals surface area contributed by atoms with Crippen LogP contribution in [0, 0.1) is 0 Å². The Morgan fingerprint density at radius 3 is 2.58 bits per heavy atom. The van der Waals surface area contributed by atoms with Gasteiger partial charge in [-0.3, -0.25) is 9.79 Å². The smallest absolute Gasteiger partial charge is 0.251 e. The number of carbonyl (C=O) groups is 1. The minimum atomic E-state index is -2.91. The van der Waals surface area contributed by atoms with Crippen molar-refractivity contribution in [1.82, 2.24) is 20.9 Å². The van der Waals surface area contributed by atoms with E-state index in [1.165, 1.54) is 6.26 Å².